The Balaban J connectivity index is 2.41. The molecule has 0 aliphatic carbocycles. The molecule has 98 valence electrons. The molecule has 0 unspecified atom stereocenters. The molecule has 0 saturated carbocycles. The van der Waals surface area contributed by atoms with Crippen LogP contribution in [0.15, 0.2) is 30.3 Å². The number of aromatic nitrogens is 3. The maximum Gasteiger partial charge on any atom is 0.207 e. The molecule has 5 nitrogen and oxygen atoms in total. The molecule has 3 aromatic rings. The van der Waals surface area contributed by atoms with Crippen molar-refractivity contribution in [3.63, 3.8) is 0 Å². The standard InChI is InChI=1S/C15H13N5/c1-9-4-3-5-13(11(9)8-16)20-14-12(19-15(20)17)7-6-10(2)18-14/h3-7H,1-2H3,(H2,17,19). The highest BCUT2D eigenvalue weighted by molar-refractivity contribution is 5.78. The lowest BCUT2D eigenvalue weighted by Gasteiger charge is -2.09. The van der Waals surface area contributed by atoms with Gasteiger partial charge in [-0.25, -0.2) is 9.97 Å². The second-order valence-electron chi connectivity index (χ2n) is 4.68. The summed E-state index contributed by atoms with van der Waals surface area (Å²) in [6.45, 7) is 3.81. The first-order valence-electron chi connectivity index (χ1n) is 6.23. The van der Waals surface area contributed by atoms with E-state index in [1.54, 1.807) is 4.57 Å². The summed E-state index contributed by atoms with van der Waals surface area (Å²) in [5, 5.41) is 9.37. The first-order chi connectivity index (χ1) is 9.61. The van der Waals surface area contributed by atoms with Crippen LogP contribution in [0.3, 0.4) is 0 Å². The normalized spacial score (nSPS) is 10.7. The molecule has 0 aliphatic rings. The van der Waals surface area contributed by atoms with Gasteiger partial charge in [0.15, 0.2) is 5.65 Å². The highest BCUT2D eigenvalue weighted by atomic mass is 15.2. The fourth-order valence-corrected chi connectivity index (χ4v) is 2.29. The molecule has 1 aromatic carbocycles. The second-order valence-corrected chi connectivity index (χ2v) is 4.68. The maximum absolute atomic E-state index is 9.37. The molecule has 20 heavy (non-hydrogen) atoms. The van der Waals surface area contributed by atoms with Crippen molar-refractivity contribution in [3.8, 4) is 11.8 Å². The Hall–Kier alpha value is -2.87. The first kappa shape index (κ1) is 12.2. The van der Waals surface area contributed by atoms with Crippen LogP contribution in [0.1, 0.15) is 16.8 Å². The molecule has 0 amide bonds. The van der Waals surface area contributed by atoms with E-state index in [9.17, 15) is 5.26 Å². The van der Waals surface area contributed by atoms with Gasteiger partial charge in [-0.2, -0.15) is 5.26 Å². The molecule has 0 aliphatic heterocycles. The van der Waals surface area contributed by atoms with Gasteiger partial charge in [0.25, 0.3) is 0 Å². The van der Waals surface area contributed by atoms with Crippen LogP contribution in [0.5, 0.6) is 0 Å². The number of nitrogens with two attached hydrogens (primary N) is 1. The maximum atomic E-state index is 9.37. The smallest absolute Gasteiger partial charge is 0.207 e. The number of rotatable bonds is 1. The van der Waals surface area contributed by atoms with Gasteiger partial charge in [0.2, 0.25) is 5.95 Å². The zero-order valence-corrected chi connectivity index (χ0v) is 11.3. The molecule has 2 N–H and O–H groups in total. The summed E-state index contributed by atoms with van der Waals surface area (Å²) < 4.78 is 1.73. The zero-order valence-electron chi connectivity index (χ0n) is 11.3. The molecule has 0 fully saturated rings. The fourth-order valence-electron chi connectivity index (χ4n) is 2.29. The number of fused-ring (bicyclic) bond motifs is 1. The largest absolute Gasteiger partial charge is 0.369 e. The van der Waals surface area contributed by atoms with Crippen molar-refractivity contribution >= 4 is 17.1 Å². The SMILES string of the molecule is Cc1ccc2nc(N)n(-c3cccc(C)c3C#N)c2n1. The molecule has 0 spiro atoms. The van der Waals surface area contributed by atoms with Crippen molar-refractivity contribution in [1.29, 1.82) is 5.26 Å². The lowest BCUT2D eigenvalue weighted by molar-refractivity contribution is 1.06. The molecule has 3 rings (SSSR count). The van der Waals surface area contributed by atoms with Crippen molar-refractivity contribution in [1.82, 2.24) is 14.5 Å². The quantitative estimate of drug-likeness (QED) is 0.731. The molecular weight excluding hydrogens is 250 g/mol. The van der Waals surface area contributed by atoms with Crippen molar-refractivity contribution in [2.24, 2.45) is 0 Å². The number of hydrogen-bond acceptors (Lipinski definition) is 4. The van der Waals surface area contributed by atoms with E-state index in [0.717, 1.165) is 16.8 Å². The predicted molar refractivity (Wildman–Crippen MR) is 77.5 cm³/mol. The first-order valence-corrected chi connectivity index (χ1v) is 6.23. The summed E-state index contributed by atoms with van der Waals surface area (Å²) in [4.78, 5) is 8.79. The number of aryl methyl sites for hydroxylation is 2. The number of nitrogen functional groups attached to an aromatic ring is 1. The van der Waals surface area contributed by atoms with Crippen LogP contribution in [0, 0.1) is 25.2 Å². The van der Waals surface area contributed by atoms with Crippen molar-refractivity contribution < 1.29 is 0 Å². The van der Waals surface area contributed by atoms with E-state index in [1.165, 1.54) is 0 Å². The van der Waals surface area contributed by atoms with E-state index in [-0.39, 0.29) is 0 Å². The minimum absolute atomic E-state index is 0.334. The minimum Gasteiger partial charge on any atom is -0.369 e. The van der Waals surface area contributed by atoms with Crippen LogP contribution in [0.4, 0.5) is 5.95 Å². The summed E-state index contributed by atoms with van der Waals surface area (Å²) in [5.74, 6) is 0.334. The van der Waals surface area contributed by atoms with Gasteiger partial charge < -0.3 is 5.73 Å². The summed E-state index contributed by atoms with van der Waals surface area (Å²) in [7, 11) is 0. The van der Waals surface area contributed by atoms with Gasteiger partial charge in [-0.1, -0.05) is 12.1 Å². The van der Waals surface area contributed by atoms with Crippen molar-refractivity contribution in [3.05, 3.63) is 47.2 Å². The lowest BCUT2D eigenvalue weighted by atomic mass is 10.1. The van der Waals surface area contributed by atoms with E-state index in [1.807, 2.05) is 44.2 Å². The van der Waals surface area contributed by atoms with E-state index >= 15 is 0 Å². The molecule has 2 heterocycles. The van der Waals surface area contributed by atoms with Gasteiger partial charge in [-0.3, -0.25) is 4.57 Å². The topological polar surface area (TPSA) is 80.5 Å². The van der Waals surface area contributed by atoms with Crippen LogP contribution in [-0.2, 0) is 0 Å². The summed E-state index contributed by atoms with van der Waals surface area (Å²) >= 11 is 0. The Kier molecular flexibility index (Phi) is 2.65. The summed E-state index contributed by atoms with van der Waals surface area (Å²) in [6.07, 6.45) is 0. The Morgan fingerprint density at radius 3 is 2.70 bits per heavy atom. The third-order valence-corrected chi connectivity index (χ3v) is 3.27. The van der Waals surface area contributed by atoms with E-state index in [2.05, 4.69) is 16.0 Å². The molecule has 0 radical (unpaired) electrons. The lowest BCUT2D eigenvalue weighted by Crippen LogP contribution is -2.04. The Morgan fingerprint density at radius 1 is 1.15 bits per heavy atom. The Bertz CT molecular complexity index is 855. The number of anilines is 1. The van der Waals surface area contributed by atoms with Gasteiger partial charge in [-0.15, -0.1) is 0 Å². The van der Waals surface area contributed by atoms with Gasteiger partial charge >= 0.3 is 0 Å². The highest BCUT2D eigenvalue weighted by Crippen LogP contribution is 2.25. The van der Waals surface area contributed by atoms with Crippen LogP contribution in [0.2, 0.25) is 0 Å². The second kappa shape index (κ2) is 4.35. The predicted octanol–water partition coefficient (Wildman–Crippen LogP) is 2.49. The van der Waals surface area contributed by atoms with E-state index in [0.29, 0.717) is 22.8 Å². The number of hydrogen-bond donors (Lipinski definition) is 1. The van der Waals surface area contributed by atoms with Gasteiger partial charge in [0.1, 0.15) is 11.6 Å². The third kappa shape index (κ3) is 1.70. The average molecular weight is 263 g/mol. The van der Waals surface area contributed by atoms with Gasteiger partial charge in [0.05, 0.1) is 11.3 Å². The number of pyridine rings is 1. The molecule has 5 heteroatoms. The van der Waals surface area contributed by atoms with Crippen LogP contribution in [0.25, 0.3) is 16.9 Å². The Labute approximate surface area is 116 Å². The van der Waals surface area contributed by atoms with Crippen molar-refractivity contribution in [2.45, 2.75) is 13.8 Å². The summed E-state index contributed by atoms with van der Waals surface area (Å²) in [6, 6.07) is 11.6. The summed E-state index contributed by atoms with van der Waals surface area (Å²) in [5.41, 5.74) is 10.5. The monoisotopic (exact) mass is 263 g/mol. The van der Waals surface area contributed by atoms with Gasteiger partial charge in [-0.05, 0) is 37.6 Å². The van der Waals surface area contributed by atoms with Crippen molar-refractivity contribution in [2.75, 3.05) is 5.73 Å². The molecule has 2 aromatic heterocycles. The van der Waals surface area contributed by atoms with Crippen LogP contribution < -0.4 is 5.73 Å². The van der Waals surface area contributed by atoms with Crippen LogP contribution in [-0.4, -0.2) is 14.5 Å². The zero-order chi connectivity index (χ0) is 14.3. The molecule has 0 atom stereocenters. The molecule has 0 saturated heterocycles. The molecule has 0 bridgehead atoms. The van der Waals surface area contributed by atoms with E-state index in [4.69, 9.17) is 5.73 Å². The Morgan fingerprint density at radius 2 is 1.95 bits per heavy atom. The molecular formula is C15H13N5. The minimum atomic E-state index is 0.334. The number of nitriles is 1. The third-order valence-electron chi connectivity index (χ3n) is 3.27. The average Bonchev–Trinajstić information content (AvgIpc) is 2.73. The van der Waals surface area contributed by atoms with E-state index < -0.39 is 0 Å². The number of imidazole rings is 1. The highest BCUT2D eigenvalue weighted by Gasteiger charge is 2.15. The van der Waals surface area contributed by atoms with Gasteiger partial charge in [0, 0.05) is 5.69 Å². The number of benzene rings is 1. The van der Waals surface area contributed by atoms with Crippen LogP contribution >= 0.6 is 0 Å². The fraction of sp³-hybridized carbons (Fsp3) is 0.133. The number of nitrogens with zero attached hydrogens (tertiary/aromatic N) is 4.